The molecular formula is C18H20ClN3O3S. The fourth-order valence-electron chi connectivity index (χ4n) is 3.01. The first-order valence-corrected chi connectivity index (χ1v) is 9.99. The number of esters is 1. The molecule has 0 saturated heterocycles. The second-order valence-corrected chi connectivity index (χ2v) is 7.11. The summed E-state index contributed by atoms with van der Waals surface area (Å²) < 4.78 is 6.35. The molecule has 8 heteroatoms. The predicted octanol–water partition coefficient (Wildman–Crippen LogP) is 3.28. The molecule has 1 N–H and O–H groups in total. The summed E-state index contributed by atoms with van der Waals surface area (Å²) in [5.74, 6) is -0.447. The van der Waals surface area contributed by atoms with Gasteiger partial charge in [-0.25, -0.2) is 4.98 Å². The minimum atomic E-state index is -0.447. The van der Waals surface area contributed by atoms with Crippen molar-refractivity contribution in [3.8, 4) is 0 Å². The van der Waals surface area contributed by atoms with E-state index in [1.165, 1.54) is 16.3 Å². The molecule has 2 heterocycles. The van der Waals surface area contributed by atoms with Crippen molar-refractivity contribution >= 4 is 35.0 Å². The van der Waals surface area contributed by atoms with Crippen molar-refractivity contribution in [1.29, 1.82) is 0 Å². The molecule has 6 nitrogen and oxygen atoms in total. The molecule has 0 amide bonds. The molecule has 3 rings (SSSR count). The first kappa shape index (κ1) is 18.8. The fourth-order valence-corrected chi connectivity index (χ4v) is 3.70. The van der Waals surface area contributed by atoms with Gasteiger partial charge in [-0.1, -0.05) is 35.5 Å². The average Bonchev–Trinajstić information content (AvgIpc) is 2.64. The molecule has 0 saturated carbocycles. The van der Waals surface area contributed by atoms with E-state index in [4.69, 9.17) is 16.3 Å². The van der Waals surface area contributed by atoms with Crippen molar-refractivity contribution in [2.75, 3.05) is 18.2 Å². The van der Waals surface area contributed by atoms with Crippen LogP contribution in [0.3, 0.4) is 0 Å². The van der Waals surface area contributed by atoms with Gasteiger partial charge in [0.2, 0.25) is 0 Å². The highest BCUT2D eigenvalue weighted by Gasteiger charge is 2.26. The van der Waals surface area contributed by atoms with E-state index in [9.17, 15) is 9.59 Å². The number of halogens is 1. The molecular weight excluding hydrogens is 374 g/mol. The lowest BCUT2D eigenvalue weighted by atomic mass is 9.96. The summed E-state index contributed by atoms with van der Waals surface area (Å²) in [6.45, 7) is 1.87. The first-order valence-electron chi connectivity index (χ1n) is 8.38. The van der Waals surface area contributed by atoms with Crippen molar-refractivity contribution < 1.29 is 9.53 Å². The van der Waals surface area contributed by atoms with Gasteiger partial charge < -0.3 is 10.1 Å². The van der Waals surface area contributed by atoms with Crippen molar-refractivity contribution in [3.05, 3.63) is 50.9 Å². The van der Waals surface area contributed by atoms with Gasteiger partial charge in [-0.3, -0.25) is 14.2 Å². The van der Waals surface area contributed by atoms with Gasteiger partial charge in [0.15, 0.2) is 5.16 Å². The number of fused-ring (bicyclic) bond motifs is 1. The van der Waals surface area contributed by atoms with Crippen LogP contribution < -0.4 is 10.9 Å². The molecule has 138 valence electrons. The molecule has 0 radical (unpaired) electrons. The number of rotatable bonds is 5. The lowest BCUT2D eigenvalue weighted by molar-refractivity contribution is -0.144. The Morgan fingerprint density at radius 1 is 1.42 bits per heavy atom. The lowest BCUT2D eigenvalue weighted by Gasteiger charge is -2.27. The number of benzene rings is 1. The number of nitrogens with one attached hydrogen (secondary N) is 1. The molecule has 1 aliphatic rings. The summed E-state index contributed by atoms with van der Waals surface area (Å²) in [4.78, 5) is 29.4. The van der Waals surface area contributed by atoms with E-state index < -0.39 is 5.97 Å². The van der Waals surface area contributed by atoms with Crippen LogP contribution in [0.2, 0.25) is 5.02 Å². The first-order chi connectivity index (χ1) is 12.5. The van der Waals surface area contributed by atoms with Crippen molar-refractivity contribution in [2.45, 2.75) is 37.5 Å². The van der Waals surface area contributed by atoms with E-state index in [0.717, 1.165) is 17.7 Å². The van der Waals surface area contributed by atoms with Gasteiger partial charge in [-0.05, 0) is 43.7 Å². The van der Waals surface area contributed by atoms with Crippen molar-refractivity contribution in [3.63, 3.8) is 0 Å². The van der Waals surface area contributed by atoms with Crippen LogP contribution in [0.25, 0.3) is 0 Å². The van der Waals surface area contributed by atoms with Gasteiger partial charge in [-0.15, -0.1) is 0 Å². The van der Waals surface area contributed by atoms with Crippen molar-refractivity contribution in [2.24, 2.45) is 0 Å². The molecule has 0 spiro atoms. The molecule has 1 atom stereocenters. The Morgan fingerprint density at radius 3 is 2.81 bits per heavy atom. The largest absolute Gasteiger partial charge is 0.465 e. The third-order valence-corrected chi connectivity index (χ3v) is 5.17. The lowest BCUT2D eigenvalue weighted by Crippen LogP contribution is -2.34. The van der Waals surface area contributed by atoms with Crippen LogP contribution in [-0.4, -0.2) is 28.4 Å². The van der Waals surface area contributed by atoms with Gasteiger partial charge in [-0.2, -0.15) is 0 Å². The Kier molecular flexibility index (Phi) is 5.88. The maximum atomic E-state index is 13.0. The molecule has 2 aromatic rings. The summed E-state index contributed by atoms with van der Waals surface area (Å²) in [6.07, 6.45) is 3.36. The Balaban J connectivity index is 1.94. The minimum Gasteiger partial charge on any atom is -0.465 e. The molecule has 1 aliphatic heterocycles. The monoisotopic (exact) mass is 393 g/mol. The third-order valence-electron chi connectivity index (χ3n) is 4.24. The smallest absolute Gasteiger partial charge is 0.326 e. The number of nitrogens with zero attached hydrogens (tertiary/aromatic N) is 2. The SMILES string of the molecule is CCOC(=O)Cn1c(SC)nc2c(c1=O)N[C@H](c1ccc(Cl)cc1)CC2. The Morgan fingerprint density at radius 2 is 2.15 bits per heavy atom. The van der Waals surface area contributed by atoms with Gasteiger partial charge in [0, 0.05) is 5.02 Å². The predicted molar refractivity (Wildman–Crippen MR) is 103 cm³/mol. The standard InChI is InChI=1S/C18H20ClN3O3S/c1-3-25-15(23)10-22-17(24)16-14(21-18(22)26-2)9-8-13(20-16)11-4-6-12(19)7-5-11/h4-7,13,20H,3,8-10H2,1-2H3/t13-/m0/s1. The zero-order valence-electron chi connectivity index (χ0n) is 14.6. The van der Waals surface area contributed by atoms with E-state index >= 15 is 0 Å². The molecule has 0 unspecified atom stereocenters. The summed E-state index contributed by atoms with van der Waals surface area (Å²) >= 11 is 7.30. The van der Waals surface area contributed by atoms with Crippen molar-refractivity contribution in [1.82, 2.24) is 9.55 Å². The van der Waals surface area contributed by atoms with Crippen LogP contribution in [0.5, 0.6) is 0 Å². The summed E-state index contributed by atoms with van der Waals surface area (Å²) in [5, 5.41) is 4.49. The second kappa shape index (κ2) is 8.14. The van der Waals surface area contributed by atoms with E-state index in [1.807, 2.05) is 30.5 Å². The number of hydrogen-bond donors (Lipinski definition) is 1. The molecule has 26 heavy (non-hydrogen) atoms. The Labute approximate surface area is 160 Å². The number of thioether (sulfide) groups is 1. The number of anilines is 1. The second-order valence-electron chi connectivity index (χ2n) is 5.90. The van der Waals surface area contributed by atoms with E-state index in [0.29, 0.717) is 22.3 Å². The molecule has 1 aromatic carbocycles. The number of aromatic nitrogens is 2. The maximum absolute atomic E-state index is 13.0. The molecule has 0 aliphatic carbocycles. The van der Waals surface area contributed by atoms with Gasteiger partial charge >= 0.3 is 5.97 Å². The average molecular weight is 394 g/mol. The van der Waals surface area contributed by atoms with Crippen LogP contribution in [0.4, 0.5) is 5.69 Å². The number of carbonyl (C=O) groups excluding carboxylic acids is 1. The normalized spacial score (nSPS) is 15.9. The maximum Gasteiger partial charge on any atom is 0.326 e. The van der Waals surface area contributed by atoms with Gasteiger partial charge in [0.05, 0.1) is 18.3 Å². The van der Waals surface area contributed by atoms with Crippen LogP contribution >= 0.6 is 23.4 Å². The van der Waals surface area contributed by atoms with E-state index in [-0.39, 0.29) is 24.8 Å². The van der Waals surface area contributed by atoms with Crippen LogP contribution in [-0.2, 0) is 22.5 Å². The quantitative estimate of drug-likeness (QED) is 0.477. The third kappa shape index (κ3) is 3.88. The number of hydrogen-bond acceptors (Lipinski definition) is 6. The Bertz CT molecular complexity index is 867. The molecule has 1 aromatic heterocycles. The number of ether oxygens (including phenoxy) is 1. The summed E-state index contributed by atoms with van der Waals surface area (Å²) in [5.41, 5.74) is 2.01. The van der Waals surface area contributed by atoms with E-state index in [1.54, 1.807) is 6.92 Å². The number of aryl methyl sites for hydroxylation is 1. The van der Waals surface area contributed by atoms with Crippen LogP contribution in [0.15, 0.2) is 34.2 Å². The highest BCUT2D eigenvalue weighted by atomic mass is 35.5. The molecule has 0 bridgehead atoms. The summed E-state index contributed by atoms with van der Waals surface area (Å²) in [7, 11) is 0. The highest BCUT2D eigenvalue weighted by Crippen LogP contribution is 2.31. The zero-order valence-corrected chi connectivity index (χ0v) is 16.2. The highest BCUT2D eigenvalue weighted by molar-refractivity contribution is 7.98. The zero-order chi connectivity index (χ0) is 18.7. The fraction of sp³-hybridized carbons (Fsp3) is 0.389. The molecule has 0 fully saturated rings. The van der Waals surface area contributed by atoms with Gasteiger partial charge in [0.25, 0.3) is 5.56 Å². The van der Waals surface area contributed by atoms with Gasteiger partial charge in [0.1, 0.15) is 12.2 Å². The summed E-state index contributed by atoms with van der Waals surface area (Å²) in [6, 6.07) is 7.58. The van der Waals surface area contributed by atoms with Crippen LogP contribution in [0, 0.1) is 0 Å². The topological polar surface area (TPSA) is 73.2 Å². The number of carbonyl (C=O) groups is 1. The minimum absolute atomic E-state index is 0.00504. The van der Waals surface area contributed by atoms with Crippen LogP contribution in [0.1, 0.15) is 30.6 Å². The Hall–Kier alpha value is -1.99. The van der Waals surface area contributed by atoms with E-state index in [2.05, 4.69) is 10.3 Å².